The van der Waals surface area contributed by atoms with Gasteiger partial charge in [0.05, 0.1) is 0 Å². The summed E-state index contributed by atoms with van der Waals surface area (Å²) in [5.41, 5.74) is 6.78. The van der Waals surface area contributed by atoms with Gasteiger partial charge < -0.3 is 0 Å². The van der Waals surface area contributed by atoms with Crippen molar-refractivity contribution in [2.24, 2.45) is 0 Å². The number of likely N-dealkylation sites (tertiary alicyclic amines) is 1. The molecule has 7 rings (SSSR count). The molecule has 0 bridgehead atoms. The van der Waals surface area contributed by atoms with Crippen molar-refractivity contribution in [2.75, 3.05) is 13.1 Å². The third kappa shape index (κ3) is 5.58. The first-order valence-corrected chi connectivity index (χ1v) is 16.0. The van der Waals surface area contributed by atoms with E-state index >= 15 is 0 Å². The number of hydrogen-bond acceptors (Lipinski definition) is 9. The molecule has 0 aliphatic carbocycles. The molecular formula is C31H27CoN7OS2. The van der Waals surface area contributed by atoms with E-state index in [9.17, 15) is 0 Å². The fourth-order valence-corrected chi connectivity index (χ4v) is 7.65. The molecule has 0 unspecified atom stereocenters. The summed E-state index contributed by atoms with van der Waals surface area (Å²) in [7, 11) is 0. The Morgan fingerprint density at radius 2 is 1.81 bits per heavy atom. The average molecular weight is 637 g/mol. The second kappa shape index (κ2) is 11.9. The molecule has 0 atom stereocenters. The number of rotatable bonds is 8. The fraction of sp³-hybridized carbons (Fsp3) is 0.226. The molecule has 0 spiro atoms. The summed E-state index contributed by atoms with van der Waals surface area (Å²) in [6, 6.07) is 20.8. The number of thiophene rings is 1. The van der Waals surface area contributed by atoms with Crippen molar-refractivity contribution < 1.29 is 19.8 Å². The molecule has 0 radical (unpaired) electrons. The van der Waals surface area contributed by atoms with Crippen LogP contribution in [0.1, 0.15) is 34.4 Å². The quantitative estimate of drug-likeness (QED) is 0.197. The summed E-state index contributed by atoms with van der Waals surface area (Å²) in [5, 5.41) is 24.2. The van der Waals surface area contributed by atoms with Crippen LogP contribution in [0.5, 0.6) is 0 Å². The molecule has 5 heterocycles. The summed E-state index contributed by atoms with van der Waals surface area (Å²) in [6.07, 6.45) is 3.05. The molecule has 42 heavy (non-hydrogen) atoms. The van der Waals surface area contributed by atoms with Crippen LogP contribution in [0.3, 0.4) is 0 Å². The van der Waals surface area contributed by atoms with Gasteiger partial charge in [0.1, 0.15) is 0 Å². The third-order valence-corrected chi connectivity index (χ3v) is 10.1. The van der Waals surface area contributed by atoms with Crippen molar-refractivity contribution in [1.29, 1.82) is 0 Å². The van der Waals surface area contributed by atoms with Crippen molar-refractivity contribution in [3.63, 3.8) is 0 Å². The van der Waals surface area contributed by atoms with Crippen LogP contribution < -0.4 is 0 Å². The third-order valence-electron chi connectivity index (χ3n) is 7.66. The Kier molecular flexibility index (Phi) is 7.74. The Morgan fingerprint density at radius 3 is 2.57 bits per heavy atom. The minimum absolute atomic E-state index is 0.449. The number of nitrogens with zero attached hydrogens (tertiary/aromatic N) is 6. The predicted molar refractivity (Wildman–Crippen MR) is 163 cm³/mol. The van der Waals surface area contributed by atoms with Crippen LogP contribution in [0.2, 0.25) is 0 Å². The number of benzene rings is 2. The van der Waals surface area contributed by atoms with Gasteiger partial charge in [0.15, 0.2) is 0 Å². The molecule has 0 amide bonds. The van der Waals surface area contributed by atoms with Crippen LogP contribution in [-0.2, 0) is 21.7 Å². The number of hydrogen-bond donors (Lipinski definition) is 1. The van der Waals surface area contributed by atoms with Gasteiger partial charge >= 0.3 is 180 Å². The molecule has 1 aliphatic rings. The van der Waals surface area contributed by atoms with Crippen molar-refractivity contribution in [3.05, 3.63) is 87.1 Å². The van der Waals surface area contributed by atoms with Gasteiger partial charge in [-0.1, -0.05) is 36.4 Å². The molecule has 4 aromatic heterocycles. The van der Waals surface area contributed by atoms with E-state index in [1.54, 1.807) is 22.7 Å². The molecular weight excluding hydrogens is 609 g/mol. The number of nitrogens with one attached hydrogen (secondary N) is 1. The molecule has 11 heteroatoms. The number of piperidine rings is 1. The van der Waals surface area contributed by atoms with E-state index in [0.717, 1.165) is 81.9 Å². The van der Waals surface area contributed by atoms with Gasteiger partial charge in [-0.25, -0.2) is 0 Å². The van der Waals surface area contributed by atoms with Crippen molar-refractivity contribution in [1.82, 2.24) is 35.7 Å². The van der Waals surface area contributed by atoms with E-state index in [1.807, 2.05) is 19.1 Å². The van der Waals surface area contributed by atoms with Crippen molar-refractivity contribution >= 4 is 27.3 Å². The first-order valence-electron chi connectivity index (χ1n) is 13.8. The molecule has 0 saturated carbocycles. The van der Waals surface area contributed by atoms with Crippen LogP contribution in [0.25, 0.3) is 45.0 Å². The number of thiazole rings is 1. The zero-order valence-electron chi connectivity index (χ0n) is 22.8. The van der Waals surface area contributed by atoms with E-state index in [-0.39, 0.29) is 0 Å². The zero-order valence-corrected chi connectivity index (χ0v) is 25.5. The normalized spacial score (nSPS) is 14.4. The zero-order chi connectivity index (χ0) is 28.5. The van der Waals surface area contributed by atoms with Gasteiger partial charge in [0.2, 0.25) is 5.82 Å². The van der Waals surface area contributed by atoms with Crippen LogP contribution >= 0.6 is 22.7 Å². The van der Waals surface area contributed by atoms with E-state index < -0.39 is 0 Å². The molecule has 1 N–H and O–H groups in total. The monoisotopic (exact) mass is 636 g/mol. The number of tetrazole rings is 1. The summed E-state index contributed by atoms with van der Waals surface area (Å²) in [4.78, 5) is 8.90. The maximum atomic E-state index is 5.72. The number of aromatic nitrogens is 6. The van der Waals surface area contributed by atoms with Gasteiger partial charge in [-0.15, -0.1) is 10.2 Å². The molecule has 1 fully saturated rings. The average Bonchev–Trinajstić information content (AvgIpc) is 3.86. The summed E-state index contributed by atoms with van der Waals surface area (Å²) < 4.78 is 6.87. The minimum atomic E-state index is 0.449. The Morgan fingerprint density at radius 1 is 1.00 bits per heavy atom. The van der Waals surface area contributed by atoms with Gasteiger partial charge in [-0.2, -0.15) is 5.21 Å². The van der Waals surface area contributed by atoms with E-state index in [2.05, 4.69) is 90.0 Å². The Labute approximate surface area is 259 Å². The van der Waals surface area contributed by atoms with Crippen LogP contribution in [0.4, 0.5) is 0 Å². The first kappa shape index (κ1) is 27.2. The molecule has 2 aromatic carbocycles. The second-order valence-corrected chi connectivity index (χ2v) is 12.8. The molecule has 1 aliphatic heterocycles. The Bertz CT molecular complexity index is 1800. The topological polar surface area (TPSA) is 96.6 Å². The molecule has 8 nitrogen and oxygen atoms in total. The van der Waals surface area contributed by atoms with Gasteiger partial charge in [-0.05, 0) is 16.3 Å². The number of aromatic amines is 1. The van der Waals surface area contributed by atoms with E-state index in [0.29, 0.717) is 11.7 Å². The Hall–Kier alpha value is -3.61. The first-order chi connectivity index (χ1) is 20.6. The van der Waals surface area contributed by atoms with Crippen LogP contribution in [0.15, 0.2) is 75.9 Å². The Balaban J connectivity index is 1.08. The SMILES string of the molecule is Cc1onc(-c2cccc(-c3ccc(-c4nn[nH]n4)cc3)c2)c1-c1csc(C2CCN([C](=[Co])Cc3cccs3)CC2)n1. The summed E-state index contributed by atoms with van der Waals surface area (Å²) in [5.74, 6) is 1.80. The van der Waals surface area contributed by atoms with E-state index in [4.69, 9.17) is 24.8 Å². The number of aryl methyl sites for hydroxylation is 1. The van der Waals surface area contributed by atoms with Crippen LogP contribution in [-0.4, -0.2) is 53.3 Å². The molecule has 213 valence electrons. The molecule has 6 aromatic rings. The summed E-state index contributed by atoms with van der Waals surface area (Å²) in [6.45, 7) is 3.96. The van der Waals surface area contributed by atoms with Crippen molar-refractivity contribution in [2.45, 2.75) is 32.1 Å². The summed E-state index contributed by atoms with van der Waals surface area (Å²) >= 11 is 8.42. The maximum absolute atomic E-state index is 5.72. The fourth-order valence-electron chi connectivity index (χ4n) is 5.42. The standard InChI is InChI=1S/C31H27N7OS2.Co/c1-20-28(27-19-41-31(32-27)23-11-14-38(15-12-23)16-13-26-6-3-17-40-26)29(35-39-20)25-5-2-4-24(18-25)21-7-9-22(10-8-21)30-33-36-37-34-30;/h2-10,17-19,23H,11-15H2,1H3,(H,33,34,36,37);. The second-order valence-electron chi connectivity index (χ2n) is 10.3. The predicted octanol–water partition coefficient (Wildman–Crippen LogP) is 6.78. The van der Waals surface area contributed by atoms with Gasteiger partial charge in [-0.3, -0.25) is 0 Å². The molecule has 1 saturated heterocycles. The van der Waals surface area contributed by atoms with Crippen molar-refractivity contribution in [3.8, 4) is 45.0 Å². The van der Waals surface area contributed by atoms with Crippen LogP contribution in [0, 0.1) is 6.92 Å². The van der Waals surface area contributed by atoms with Gasteiger partial charge in [0, 0.05) is 5.56 Å². The number of H-pyrrole nitrogens is 1. The van der Waals surface area contributed by atoms with E-state index in [1.165, 1.54) is 9.88 Å². The van der Waals surface area contributed by atoms with Gasteiger partial charge in [0.25, 0.3) is 0 Å².